The standard InChI is InChI=1S/C22H28N4O2/c1-25-10-12-26(13-11-25)18-7-5-16(6-8-18)22(28)24-21(17-14-19(27)15-17)20-4-2-3-9-23-20/h2-9,17,19,21,27H,10-15H2,1H3,(H,24,28)/t17?,19?,21-/m1/s1. The first-order valence-corrected chi connectivity index (χ1v) is 10.0. The lowest BCUT2D eigenvalue weighted by molar-refractivity contribution is 0.0228. The van der Waals surface area contributed by atoms with Crippen LogP contribution in [-0.2, 0) is 0 Å². The van der Waals surface area contributed by atoms with E-state index in [2.05, 4.69) is 27.1 Å². The number of nitrogens with one attached hydrogen (secondary N) is 1. The fraction of sp³-hybridized carbons (Fsp3) is 0.455. The summed E-state index contributed by atoms with van der Waals surface area (Å²) in [6, 6.07) is 13.4. The number of likely N-dealkylation sites (N-methyl/N-ethyl adjacent to an activating group) is 1. The second kappa shape index (κ2) is 8.29. The molecule has 0 unspecified atom stereocenters. The summed E-state index contributed by atoms with van der Waals surface area (Å²) in [7, 11) is 2.14. The van der Waals surface area contributed by atoms with E-state index in [0.717, 1.165) is 37.6 Å². The fourth-order valence-electron chi connectivity index (χ4n) is 4.01. The number of pyridine rings is 1. The first-order chi connectivity index (χ1) is 13.6. The van der Waals surface area contributed by atoms with Crippen molar-refractivity contribution in [2.75, 3.05) is 38.1 Å². The number of anilines is 1. The molecule has 148 valence electrons. The summed E-state index contributed by atoms with van der Waals surface area (Å²) in [6.45, 7) is 4.13. The van der Waals surface area contributed by atoms with Crippen molar-refractivity contribution in [2.45, 2.75) is 25.0 Å². The third kappa shape index (κ3) is 4.18. The molecule has 0 radical (unpaired) electrons. The Morgan fingerprint density at radius 1 is 1.11 bits per heavy atom. The van der Waals surface area contributed by atoms with Gasteiger partial charge in [0, 0.05) is 43.6 Å². The van der Waals surface area contributed by atoms with Gasteiger partial charge in [0.1, 0.15) is 0 Å². The van der Waals surface area contributed by atoms with Gasteiger partial charge in [0.25, 0.3) is 5.91 Å². The van der Waals surface area contributed by atoms with Crippen LogP contribution in [0.5, 0.6) is 0 Å². The van der Waals surface area contributed by atoms with Gasteiger partial charge in [-0.15, -0.1) is 0 Å². The molecule has 2 N–H and O–H groups in total. The predicted octanol–water partition coefficient (Wildman–Crippen LogP) is 2.08. The molecule has 1 aliphatic carbocycles. The number of carbonyl (C=O) groups excluding carboxylic acids is 1. The molecule has 2 heterocycles. The van der Waals surface area contributed by atoms with E-state index in [-0.39, 0.29) is 24.0 Å². The van der Waals surface area contributed by atoms with Gasteiger partial charge in [-0.2, -0.15) is 0 Å². The summed E-state index contributed by atoms with van der Waals surface area (Å²) in [5.41, 5.74) is 2.66. The van der Waals surface area contributed by atoms with Gasteiger partial charge in [-0.25, -0.2) is 0 Å². The van der Waals surface area contributed by atoms with Crippen molar-refractivity contribution in [3.63, 3.8) is 0 Å². The van der Waals surface area contributed by atoms with Gasteiger partial charge in [-0.05, 0) is 62.2 Å². The molecule has 1 saturated heterocycles. The number of hydrogen-bond donors (Lipinski definition) is 2. The molecule has 0 spiro atoms. The van der Waals surface area contributed by atoms with Crippen LogP contribution < -0.4 is 10.2 Å². The van der Waals surface area contributed by atoms with Crippen LogP contribution in [0.2, 0.25) is 0 Å². The molecule has 1 saturated carbocycles. The van der Waals surface area contributed by atoms with E-state index in [1.807, 2.05) is 42.5 Å². The number of amides is 1. The minimum Gasteiger partial charge on any atom is -0.393 e. The number of rotatable bonds is 5. The quantitative estimate of drug-likeness (QED) is 0.831. The highest BCUT2D eigenvalue weighted by molar-refractivity contribution is 5.94. The number of aliphatic hydroxyl groups is 1. The van der Waals surface area contributed by atoms with E-state index in [9.17, 15) is 9.90 Å². The van der Waals surface area contributed by atoms with Crippen LogP contribution in [0.15, 0.2) is 48.7 Å². The Kier molecular flexibility index (Phi) is 5.59. The minimum atomic E-state index is -0.268. The molecule has 2 aliphatic rings. The lowest BCUT2D eigenvalue weighted by Crippen LogP contribution is -2.44. The molecule has 1 atom stereocenters. The molecule has 6 nitrogen and oxygen atoms in total. The topological polar surface area (TPSA) is 68.7 Å². The summed E-state index contributed by atoms with van der Waals surface area (Å²) in [5.74, 6) is 0.125. The van der Waals surface area contributed by atoms with Crippen molar-refractivity contribution in [1.29, 1.82) is 0 Å². The number of hydrogen-bond acceptors (Lipinski definition) is 5. The first-order valence-electron chi connectivity index (χ1n) is 10.0. The summed E-state index contributed by atoms with van der Waals surface area (Å²) in [6.07, 6.45) is 2.87. The highest BCUT2D eigenvalue weighted by Crippen LogP contribution is 2.37. The van der Waals surface area contributed by atoms with Crippen LogP contribution in [-0.4, -0.2) is 60.2 Å². The average molecular weight is 380 g/mol. The van der Waals surface area contributed by atoms with Crippen LogP contribution >= 0.6 is 0 Å². The van der Waals surface area contributed by atoms with E-state index >= 15 is 0 Å². The van der Waals surface area contributed by atoms with E-state index in [1.165, 1.54) is 0 Å². The molecular formula is C22H28N4O2. The SMILES string of the molecule is CN1CCN(c2ccc(C(=O)N[C@@H](c3ccccn3)C3CC(O)C3)cc2)CC1. The summed E-state index contributed by atoms with van der Waals surface area (Å²) < 4.78 is 0. The molecule has 2 aromatic rings. The molecular weight excluding hydrogens is 352 g/mol. The molecule has 0 bridgehead atoms. The van der Waals surface area contributed by atoms with Gasteiger partial charge >= 0.3 is 0 Å². The van der Waals surface area contributed by atoms with Crippen molar-refractivity contribution >= 4 is 11.6 Å². The highest BCUT2D eigenvalue weighted by Gasteiger charge is 2.36. The van der Waals surface area contributed by atoms with E-state index in [0.29, 0.717) is 18.4 Å². The molecule has 1 aromatic carbocycles. The number of carbonyl (C=O) groups is 1. The Morgan fingerprint density at radius 3 is 2.43 bits per heavy atom. The smallest absolute Gasteiger partial charge is 0.251 e. The van der Waals surface area contributed by atoms with E-state index < -0.39 is 0 Å². The Morgan fingerprint density at radius 2 is 1.82 bits per heavy atom. The highest BCUT2D eigenvalue weighted by atomic mass is 16.3. The van der Waals surface area contributed by atoms with E-state index in [4.69, 9.17) is 0 Å². The predicted molar refractivity (Wildman–Crippen MR) is 109 cm³/mol. The Balaban J connectivity index is 1.44. The van der Waals surface area contributed by atoms with Crippen LogP contribution in [0.4, 0.5) is 5.69 Å². The third-order valence-corrected chi connectivity index (χ3v) is 5.91. The average Bonchev–Trinajstić information content (AvgIpc) is 2.71. The maximum Gasteiger partial charge on any atom is 0.251 e. The van der Waals surface area contributed by atoms with Crippen molar-refractivity contribution in [1.82, 2.24) is 15.2 Å². The van der Waals surface area contributed by atoms with Gasteiger partial charge in [-0.3, -0.25) is 9.78 Å². The normalized spacial score (nSPS) is 23.7. The Labute approximate surface area is 166 Å². The number of aliphatic hydroxyl groups excluding tert-OH is 1. The second-order valence-electron chi connectivity index (χ2n) is 7.93. The monoisotopic (exact) mass is 380 g/mol. The van der Waals surface area contributed by atoms with Crippen molar-refractivity contribution in [3.8, 4) is 0 Å². The molecule has 2 fully saturated rings. The van der Waals surface area contributed by atoms with Gasteiger partial charge in [0.2, 0.25) is 0 Å². The minimum absolute atomic E-state index is 0.0954. The number of benzene rings is 1. The molecule has 28 heavy (non-hydrogen) atoms. The van der Waals surface area contributed by atoms with Gasteiger partial charge in [-0.1, -0.05) is 6.07 Å². The summed E-state index contributed by atoms with van der Waals surface area (Å²) in [4.78, 5) is 22.0. The molecule has 1 amide bonds. The molecule has 4 rings (SSSR count). The second-order valence-corrected chi connectivity index (χ2v) is 7.93. The number of piperazine rings is 1. The van der Waals surface area contributed by atoms with Crippen molar-refractivity contribution < 1.29 is 9.90 Å². The summed E-state index contributed by atoms with van der Waals surface area (Å²) >= 11 is 0. The zero-order valence-corrected chi connectivity index (χ0v) is 16.3. The van der Waals surface area contributed by atoms with Crippen LogP contribution in [0.1, 0.15) is 34.9 Å². The van der Waals surface area contributed by atoms with Crippen molar-refractivity contribution in [2.24, 2.45) is 5.92 Å². The summed E-state index contributed by atoms with van der Waals surface area (Å²) in [5, 5.41) is 12.8. The van der Waals surface area contributed by atoms with Crippen LogP contribution in [0.3, 0.4) is 0 Å². The molecule has 1 aromatic heterocycles. The van der Waals surface area contributed by atoms with Crippen molar-refractivity contribution in [3.05, 3.63) is 59.9 Å². The molecule has 6 heteroatoms. The van der Waals surface area contributed by atoms with Crippen LogP contribution in [0.25, 0.3) is 0 Å². The number of aromatic nitrogens is 1. The lowest BCUT2D eigenvalue weighted by Gasteiger charge is -2.37. The Hall–Kier alpha value is -2.44. The van der Waals surface area contributed by atoms with Gasteiger partial charge < -0.3 is 20.2 Å². The van der Waals surface area contributed by atoms with Gasteiger partial charge in [0.15, 0.2) is 0 Å². The third-order valence-electron chi connectivity index (χ3n) is 5.91. The number of nitrogens with zero attached hydrogens (tertiary/aromatic N) is 3. The Bertz CT molecular complexity index is 782. The largest absolute Gasteiger partial charge is 0.393 e. The zero-order chi connectivity index (χ0) is 19.5. The zero-order valence-electron chi connectivity index (χ0n) is 16.3. The van der Waals surface area contributed by atoms with Gasteiger partial charge in [0.05, 0.1) is 17.8 Å². The fourth-order valence-corrected chi connectivity index (χ4v) is 4.01. The van der Waals surface area contributed by atoms with E-state index in [1.54, 1.807) is 6.20 Å². The maximum atomic E-state index is 12.9. The molecule has 1 aliphatic heterocycles. The maximum absolute atomic E-state index is 12.9. The lowest BCUT2D eigenvalue weighted by atomic mass is 9.76. The first kappa shape index (κ1) is 18.9. The van der Waals surface area contributed by atoms with Crippen LogP contribution in [0, 0.1) is 5.92 Å².